The smallest absolute Gasteiger partial charge is 0.350 e. The molecule has 6 rings (SSSR count). The maximum atomic E-state index is 14.0. The first-order valence-corrected chi connectivity index (χ1v) is 14.3. The number of aryl methyl sites for hydroxylation is 1. The molecule has 0 bridgehead atoms. The molecule has 2 aromatic heterocycles. The molecule has 0 unspecified atom stereocenters. The largest absolute Gasteiger partial charge is 0.416 e. The van der Waals surface area contributed by atoms with Gasteiger partial charge in [-0.3, -0.25) is 9.59 Å². The normalized spacial score (nSPS) is 17.8. The molecule has 1 atom stereocenters. The molecule has 208 valence electrons. The van der Waals surface area contributed by atoms with Crippen LogP contribution in [0.4, 0.5) is 13.2 Å². The van der Waals surface area contributed by atoms with Gasteiger partial charge in [-0.05, 0) is 55.9 Å². The number of rotatable bonds is 6. The minimum Gasteiger partial charge on any atom is -0.350 e. The van der Waals surface area contributed by atoms with E-state index in [1.54, 1.807) is 17.2 Å². The highest BCUT2D eigenvalue weighted by Gasteiger charge is 2.36. The number of thiazole rings is 1. The average molecular weight is 567 g/mol. The Labute approximate surface area is 233 Å². The van der Waals surface area contributed by atoms with Crippen molar-refractivity contribution in [2.24, 2.45) is 7.05 Å². The molecule has 2 aromatic carbocycles. The highest BCUT2D eigenvalue weighted by Crippen LogP contribution is 2.45. The van der Waals surface area contributed by atoms with Crippen molar-refractivity contribution >= 4 is 34.1 Å². The number of carbonyl (C=O) groups excluding carboxylic acids is 2. The summed E-state index contributed by atoms with van der Waals surface area (Å²) in [5.41, 5.74) is 1.34. The molecule has 2 amide bonds. The maximum absolute atomic E-state index is 14.0. The van der Waals surface area contributed by atoms with E-state index in [2.05, 4.69) is 10.3 Å². The Bertz CT molecular complexity index is 1590. The van der Waals surface area contributed by atoms with Crippen molar-refractivity contribution < 1.29 is 22.8 Å². The summed E-state index contributed by atoms with van der Waals surface area (Å²) in [4.78, 5) is 34.0. The van der Waals surface area contributed by atoms with E-state index in [9.17, 15) is 22.8 Å². The number of carbonyl (C=O) groups is 2. The zero-order valence-electron chi connectivity index (χ0n) is 22.0. The Morgan fingerprint density at radius 3 is 2.65 bits per heavy atom. The van der Waals surface area contributed by atoms with Crippen molar-refractivity contribution in [3.63, 3.8) is 0 Å². The van der Waals surface area contributed by atoms with Gasteiger partial charge in [0.05, 0.1) is 21.0 Å². The highest BCUT2D eigenvalue weighted by atomic mass is 32.1. The molecule has 2 fully saturated rings. The number of aromatic nitrogens is 2. The monoisotopic (exact) mass is 566 g/mol. The molecule has 4 aromatic rings. The van der Waals surface area contributed by atoms with Gasteiger partial charge in [-0.2, -0.15) is 13.2 Å². The van der Waals surface area contributed by atoms with Gasteiger partial charge >= 0.3 is 6.18 Å². The summed E-state index contributed by atoms with van der Waals surface area (Å²) in [7, 11) is 1.90. The number of hydrogen-bond donors (Lipinski definition) is 1. The van der Waals surface area contributed by atoms with Gasteiger partial charge in [0.15, 0.2) is 0 Å². The zero-order valence-corrected chi connectivity index (χ0v) is 22.8. The fraction of sp³-hybridized carbons (Fsp3) is 0.367. The van der Waals surface area contributed by atoms with Crippen LogP contribution in [0.3, 0.4) is 0 Å². The number of piperidine rings is 1. The van der Waals surface area contributed by atoms with Gasteiger partial charge in [0.1, 0.15) is 5.69 Å². The van der Waals surface area contributed by atoms with E-state index in [1.165, 1.54) is 17.4 Å². The van der Waals surface area contributed by atoms with Gasteiger partial charge in [-0.15, -0.1) is 11.3 Å². The minimum absolute atomic E-state index is 0.205. The second kappa shape index (κ2) is 10.4. The molecule has 1 aliphatic heterocycles. The number of nitrogens with one attached hydrogen (secondary N) is 1. The minimum atomic E-state index is -4.48. The molecule has 3 heterocycles. The average Bonchev–Trinajstić information content (AvgIpc) is 3.62. The van der Waals surface area contributed by atoms with Crippen LogP contribution in [0, 0.1) is 0 Å². The first kappa shape index (κ1) is 26.6. The summed E-state index contributed by atoms with van der Waals surface area (Å²) in [5, 5.41) is 4.69. The summed E-state index contributed by atoms with van der Waals surface area (Å²) < 4.78 is 42.3. The molecule has 1 saturated carbocycles. The first-order valence-electron chi connectivity index (χ1n) is 13.5. The predicted molar refractivity (Wildman–Crippen MR) is 148 cm³/mol. The number of para-hydroxylation sites is 1. The third-order valence-electron chi connectivity index (χ3n) is 7.75. The van der Waals surface area contributed by atoms with Gasteiger partial charge in [-0.25, -0.2) is 4.98 Å². The Hall–Kier alpha value is -3.66. The van der Waals surface area contributed by atoms with E-state index in [0.717, 1.165) is 60.1 Å². The molecule has 1 N–H and O–H groups in total. The lowest BCUT2D eigenvalue weighted by atomic mass is 10.0. The number of benzene rings is 2. The number of halogens is 3. The van der Waals surface area contributed by atoms with Crippen LogP contribution in [0.2, 0.25) is 0 Å². The second-order valence-electron chi connectivity index (χ2n) is 10.6. The number of nitrogens with zero attached hydrogens (tertiary/aromatic N) is 3. The quantitative estimate of drug-likeness (QED) is 0.285. The highest BCUT2D eigenvalue weighted by molar-refractivity contribution is 7.15. The summed E-state index contributed by atoms with van der Waals surface area (Å²) >= 11 is 1.32. The molecule has 40 heavy (non-hydrogen) atoms. The molecule has 6 nitrogen and oxygen atoms in total. The summed E-state index contributed by atoms with van der Waals surface area (Å²) in [6.07, 6.45) is 1.72. The molecular weight excluding hydrogens is 537 g/mol. The molecule has 10 heteroatoms. The second-order valence-corrected chi connectivity index (χ2v) is 11.6. The van der Waals surface area contributed by atoms with Gasteiger partial charge < -0.3 is 14.8 Å². The van der Waals surface area contributed by atoms with E-state index in [4.69, 9.17) is 0 Å². The van der Waals surface area contributed by atoms with Gasteiger partial charge in [0.25, 0.3) is 11.8 Å². The lowest BCUT2D eigenvalue weighted by Gasteiger charge is -2.35. The van der Waals surface area contributed by atoms with Crippen LogP contribution < -0.4 is 5.32 Å². The number of hydrogen-bond acceptors (Lipinski definition) is 4. The topological polar surface area (TPSA) is 67.2 Å². The van der Waals surface area contributed by atoms with Crippen molar-refractivity contribution in [3.05, 3.63) is 76.6 Å². The Kier molecular flexibility index (Phi) is 6.90. The van der Waals surface area contributed by atoms with Crippen LogP contribution in [0.5, 0.6) is 0 Å². The van der Waals surface area contributed by atoms with E-state index in [1.807, 2.05) is 35.9 Å². The number of fused-ring (bicyclic) bond motifs is 1. The number of amides is 2. The molecule has 0 spiro atoms. The zero-order chi connectivity index (χ0) is 28.0. The van der Waals surface area contributed by atoms with Crippen molar-refractivity contribution in [1.29, 1.82) is 0 Å². The Balaban J connectivity index is 1.26. The fourth-order valence-electron chi connectivity index (χ4n) is 5.46. The predicted octanol–water partition coefficient (Wildman–Crippen LogP) is 6.62. The molecule has 1 aliphatic carbocycles. The lowest BCUT2D eigenvalue weighted by molar-refractivity contribution is -0.137. The van der Waals surface area contributed by atoms with Crippen molar-refractivity contribution in [2.75, 3.05) is 13.1 Å². The van der Waals surface area contributed by atoms with E-state index in [-0.39, 0.29) is 36.0 Å². The Morgan fingerprint density at radius 1 is 1.07 bits per heavy atom. The first-order chi connectivity index (χ1) is 19.2. The summed E-state index contributed by atoms with van der Waals surface area (Å²) in [6, 6.07) is 12.6. The molecule has 2 aliphatic rings. The molecular formula is C30H29F3N4O2S. The van der Waals surface area contributed by atoms with Crippen LogP contribution >= 0.6 is 11.3 Å². The number of alkyl halides is 3. The SMILES string of the molecule is Cn1cc(C(=O)NC[C@@H]2CCCCN2C(=O)c2nc(C3CC3)sc2-c2cccc(C(F)(F)F)c2)c2ccccc21. The molecule has 1 saturated heterocycles. The third-order valence-corrected chi connectivity index (χ3v) is 9.02. The van der Waals surface area contributed by atoms with Crippen LogP contribution in [0.1, 0.15) is 69.4 Å². The molecule has 0 radical (unpaired) electrons. The van der Waals surface area contributed by atoms with E-state index < -0.39 is 11.7 Å². The van der Waals surface area contributed by atoms with Gasteiger partial charge in [0.2, 0.25) is 0 Å². The van der Waals surface area contributed by atoms with Crippen LogP contribution in [-0.2, 0) is 13.2 Å². The number of likely N-dealkylation sites (tertiary alicyclic amines) is 1. The van der Waals surface area contributed by atoms with Crippen molar-refractivity contribution in [1.82, 2.24) is 19.8 Å². The van der Waals surface area contributed by atoms with Crippen LogP contribution in [-0.4, -0.2) is 45.4 Å². The van der Waals surface area contributed by atoms with Gasteiger partial charge in [0, 0.05) is 49.2 Å². The fourth-order valence-corrected chi connectivity index (χ4v) is 6.69. The van der Waals surface area contributed by atoms with Crippen LogP contribution in [0.15, 0.2) is 54.7 Å². The van der Waals surface area contributed by atoms with Gasteiger partial charge in [-0.1, -0.05) is 30.3 Å². The van der Waals surface area contributed by atoms with Crippen LogP contribution in [0.25, 0.3) is 21.3 Å². The summed E-state index contributed by atoms with van der Waals surface area (Å²) in [5.74, 6) is -0.239. The van der Waals surface area contributed by atoms with E-state index >= 15 is 0 Å². The summed E-state index contributed by atoms with van der Waals surface area (Å²) in [6.45, 7) is 0.790. The Morgan fingerprint density at radius 2 is 1.88 bits per heavy atom. The van der Waals surface area contributed by atoms with Crippen molar-refractivity contribution in [3.8, 4) is 10.4 Å². The van der Waals surface area contributed by atoms with Crippen molar-refractivity contribution in [2.45, 2.75) is 50.2 Å². The third kappa shape index (κ3) is 5.12. The standard InChI is InChI=1S/C30H29F3N4O2S/c1-36-17-23(22-10-2-3-11-24(22)36)27(38)34-16-21-9-4-5-14-37(21)29(39)25-26(40-28(35-25)18-12-13-18)19-7-6-8-20(15-19)30(31,32)33/h2-3,6-8,10-11,15,17-18,21H,4-5,9,12-14,16H2,1H3,(H,34,38)/t21-/m0/s1. The maximum Gasteiger partial charge on any atom is 0.416 e. The van der Waals surface area contributed by atoms with E-state index in [0.29, 0.717) is 22.5 Å². The lowest BCUT2D eigenvalue weighted by Crippen LogP contribution is -2.49.